The Bertz CT molecular complexity index is 753. The third-order valence-electron chi connectivity index (χ3n) is 4.07. The Hall–Kier alpha value is -2.54. The molecule has 0 heterocycles. The van der Waals surface area contributed by atoms with Crippen LogP contribution in [-0.2, 0) is 9.59 Å². The summed E-state index contributed by atoms with van der Waals surface area (Å²) < 4.78 is 0. The topological polar surface area (TPSA) is 74.6 Å². The Kier molecular flexibility index (Phi) is 13.2. The van der Waals surface area contributed by atoms with Crippen LogP contribution >= 0.6 is 17.2 Å². The van der Waals surface area contributed by atoms with Crippen LogP contribution in [0.2, 0.25) is 0 Å². The van der Waals surface area contributed by atoms with E-state index in [1.807, 2.05) is 0 Å². The van der Waals surface area contributed by atoms with Crippen LogP contribution in [0.1, 0.15) is 20.8 Å². The largest absolute Gasteiger partial charge is 0.481 e. The minimum atomic E-state index is -1.53. The minimum absolute atomic E-state index is 0. The molecule has 0 saturated carbocycles. The zero-order valence-electron chi connectivity index (χ0n) is 17.7. The van der Waals surface area contributed by atoms with E-state index in [-0.39, 0.29) is 9.90 Å². The summed E-state index contributed by atoms with van der Waals surface area (Å²) in [6.07, 6.45) is 1.14. The number of rotatable bonds is 4. The molecule has 0 fully saturated rings. The Morgan fingerprint density at radius 3 is 1.00 bits per heavy atom. The Morgan fingerprint density at radius 1 is 0.633 bits per heavy atom. The summed E-state index contributed by atoms with van der Waals surface area (Å²) in [6, 6.07) is 33.0. The van der Waals surface area contributed by atoms with Crippen LogP contribution < -0.4 is 15.9 Å². The number of aliphatic carboxylic acids is 2. The summed E-state index contributed by atoms with van der Waals surface area (Å²) in [6.45, 7) is 4.49. The van der Waals surface area contributed by atoms with Gasteiger partial charge in [0, 0.05) is 13.8 Å². The number of hydrogen-bond donors (Lipinski definition) is 2. The number of hydrogen-bond acceptors (Lipinski definition) is 2. The summed E-state index contributed by atoms with van der Waals surface area (Å²) >= 11 is 0. The highest BCUT2D eigenvalue weighted by atomic mass is 31.2. The summed E-state index contributed by atoms with van der Waals surface area (Å²) in [5, 5.41) is 19.2. The molecule has 0 radical (unpaired) electrons. The summed E-state index contributed by atoms with van der Waals surface area (Å²) in [7, 11) is -1.53. The van der Waals surface area contributed by atoms with Gasteiger partial charge in [0.2, 0.25) is 0 Å². The number of carboxylic acid groups (broad SMARTS) is 2. The van der Waals surface area contributed by atoms with Gasteiger partial charge in [-0.15, -0.1) is 0 Å². The molecule has 0 aliphatic heterocycles. The molecule has 0 saturated heterocycles. The summed E-state index contributed by atoms with van der Waals surface area (Å²) in [5.41, 5.74) is 0. The van der Waals surface area contributed by atoms with Gasteiger partial charge in [-0.05, 0) is 43.3 Å². The Labute approximate surface area is 182 Å². The van der Waals surface area contributed by atoms with Crippen molar-refractivity contribution in [3.63, 3.8) is 0 Å². The lowest BCUT2D eigenvalue weighted by Crippen LogP contribution is -2.32. The first-order valence-electron chi connectivity index (χ1n) is 9.28. The van der Waals surface area contributed by atoms with Crippen LogP contribution in [-0.4, -0.2) is 28.3 Å². The van der Waals surface area contributed by atoms with E-state index in [9.17, 15) is 0 Å². The fourth-order valence-electron chi connectivity index (χ4n) is 3.04. The van der Waals surface area contributed by atoms with E-state index in [2.05, 4.69) is 97.9 Å². The highest BCUT2D eigenvalue weighted by Crippen LogP contribution is 2.54. The van der Waals surface area contributed by atoms with Crippen LogP contribution in [0.25, 0.3) is 0 Å². The molecule has 3 aromatic rings. The quantitative estimate of drug-likeness (QED) is 0.589. The standard InChI is InChI=1S/C20H20P.2C2H4O2.H3P/c1-2-21(18-12-6-3-7-13-18,19-14-8-4-9-15-19)20-16-10-5-11-17-20;2*1-2(3)4;/h3-17H,2H2,1H3;2*1H3,(H,3,4);1H3/q+1;;;. The van der Waals surface area contributed by atoms with Gasteiger partial charge in [-0.3, -0.25) is 9.59 Å². The molecular weight excluding hydrogens is 414 g/mol. The van der Waals surface area contributed by atoms with Crippen molar-refractivity contribution in [2.45, 2.75) is 20.8 Å². The van der Waals surface area contributed by atoms with Crippen molar-refractivity contribution in [3.05, 3.63) is 91.0 Å². The van der Waals surface area contributed by atoms with Gasteiger partial charge in [0.1, 0.15) is 23.2 Å². The number of carbonyl (C=O) groups is 2. The Morgan fingerprint density at radius 2 is 0.833 bits per heavy atom. The molecule has 1 unspecified atom stereocenters. The molecule has 0 spiro atoms. The van der Waals surface area contributed by atoms with Gasteiger partial charge in [0.15, 0.2) is 0 Å². The summed E-state index contributed by atoms with van der Waals surface area (Å²) in [5.74, 6) is -1.67. The average molecular weight is 445 g/mol. The molecule has 30 heavy (non-hydrogen) atoms. The van der Waals surface area contributed by atoms with E-state index in [1.165, 1.54) is 15.9 Å². The highest BCUT2D eigenvalue weighted by molar-refractivity contribution is 7.95. The van der Waals surface area contributed by atoms with Crippen LogP contribution in [0.3, 0.4) is 0 Å². The van der Waals surface area contributed by atoms with Crippen molar-refractivity contribution in [1.29, 1.82) is 0 Å². The average Bonchev–Trinajstić information content (AvgIpc) is 2.71. The van der Waals surface area contributed by atoms with Gasteiger partial charge in [-0.25, -0.2) is 0 Å². The second-order valence-electron chi connectivity index (χ2n) is 6.17. The van der Waals surface area contributed by atoms with Crippen LogP contribution in [0.15, 0.2) is 91.0 Å². The maximum absolute atomic E-state index is 9.00. The first-order valence-corrected chi connectivity index (χ1v) is 11.3. The first-order chi connectivity index (χ1) is 13.8. The minimum Gasteiger partial charge on any atom is -0.481 e. The first kappa shape index (κ1) is 27.5. The van der Waals surface area contributed by atoms with Crippen molar-refractivity contribution in [2.75, 3.05) is 6.16 Å². The number of carboxylic acids is 2. The predicted octanol–water partition coefficient (Wildman–Crippen LogP) is 4.24. The van der Waals surface area contributed by atoms with Crippen molar-refractivity contribution in [3.8, 4) is 0 Å². The molecule has 3 rings (SSSR count). The van der Waals surface area contributed by atoms with Crippen LogP contribution in [0.4, 0.5) is 0 Å². The van der Waals surface area contributed by atoms with Crippen LogP contribution in [0, 0.1) is 0 Å². The molecule has 2 N–H and O–H groups in total. The maximum Gasteiger partial charge on any atom is 0.300 e. The molecular formula is C24H31O4P2+. The molecule has 1 atom stereocenters. The zero-order chi connectivity index (χ0) is 21.7. The van der Waals surface area contributed by atoms with E-state index < -0.39 is 19.2 Å². The third-order valence-corrected chi connectivity index (χ3v) is 8.55. The zero-order valence-corrected chi connectivity index (χ0v) is 20.0. The van der Waals surface area contributed by atoms with Crippen molar-refractivity contribution >= 4 is 45.0 Å². The van der Waals surface area contributed by atoms with Gasteiger partial charge >= 0.3 is 0 Å². The summed E-state index contributed by atoms with van der Waals surface area (Å²) in [4.78, 5) is 18.0. The van der Waals surface area contributed by atoms with E-state index in [4.69, 9.17) is 19.8 Å². The molecule has 0 aliphatic carbocycles. The molecule has 4 nitrogen and oxygen atoms in total. The second-order valence-corrected chi connectivity index (χ2v) is 9.97. The molecule has 0 aliphatic rings. The van der Waals surface area contributed by atoms with Crippen LogP contribution in [0.5, 0.6) is 0 Å². The monoisotopic (exact) mass is 445 g/mol. The molecule has 160 valence electrons. The van der Waals surface area contributed by atoms with Gasteiger partial charge in [-0.2, -0.15) is 9.90 Å². The molecule has 0 bridgehead atoms. The smallest absolute Gasteiger partial charge is 0.300 e. The van der Waals surface area contributed by atoms with Gasteiger partial charge in [-0.1, -0.05) is 54.6 Å². The maximum atomic E-state index is 9.00. The lowest BCUT2D eigenvalue weighted by molar-refractivity contribution is -0.135. The fraction of sp³-hybridized carbons (Fsp3) is 0.167. The SMILES string of the molecule is CC(=O)O.CC(=O)O.CC[P+](c1ccccc1)(c1ccccc1)c1ccccc1.P. The van der Waals surface area contributed by atoms with E-state index in [0.717, 1.165) is 20.0 Å². The van der Waals surface area contributed by atoms with Crippen molar-refractivity contribution in [1.82, 2.24) is 0 Å². The van der Waals surface area contributed by atoms with E-state index in [1.54, 1.807) is 0 Å². The molecule has 3 aromatic carbocycles. The van der Waals surface area contributed by atoms with E-state index >= 15 is 0 Å². The third kappa shape index (κ3) is 8.45. The lowest BCUT2D eigenvalue weighted by atomic mass is 10.4. The predicted molar refractivity (Wildman–Crippen MR) is 133 cm³/mol. The normalized spacial score (nSPS) is 9.57. The molecule has 6 heteroatoms. The molecule has 0 aromatic heterocycles. The highest BCUT2D eigenvalue weighted by Gasteiger charge is 2.43. The van der Waals surface area contributed by atoms with Gasteiger partial charge in [0.05, 0.1) is 6.16 Å². The van der Waals surface area contributed by atoms with Crippen molar-refractivity contribution in [2.24, 2.45) is 0 Å². The lowest BCUT2D eigenvalue weighted by Gasteiger charge is -2.26. The number of benzene rings is 3. The molecule has 0 amide bonds. The van der Waals surface area contributed by atoms with E-state index in [0.29, 0.717) is 0 Å². The van der Waals surface area contributed by atoms with Gasteiger partial charge < -0.3 is 10.2 Å². The Balaban J connectivity index is 0.000000808. The van der Waals surface area contributed by atoms with Crippen molar-refractivity contribution < 1.29 is 19.8 Å². The second kappa shape index (κ2) is 14.4. The van der Waals surface area contributed by atoms with Gasteiger partial charge in [0.25, 0.3) is 11.9 Å². The fourth-order valence-corrected chi connectivity index (χ4v) is 7.08.